The van der Waals surface area contributed by atoms with Crippen LogP contribution >= 0.6 is 0 Å². The summed E-state index contributed by atoms with van der Waals surface area (Å²) in [4.78, 5) is 23.4. The van der Waals surface area contributed by atoms with Crippen LogP contribution < -0.4 is 14.2 Å². The van der Waals surface area contributed by atoms with Gasteiger partial charge in [0.15, 0.2) is 5.78 Å². The van der Waals surface area contributed by atoms with Crippen LogP contribution in [-0.4, -0.2) is 32.9 Å². The van der Waals surface area contributed by atoms with Gasteiger partial charge in [-0.1, -0.05) is 6.08 Å². The lowest BCUT2D eigenvalue weighted by molar-refractivity contribution is -0.118. The van der Waals surface area contributed by atoms with Gasteiger partial charge in [0.25, 0.3) is 0 Å². The second-order valence-corrected chi connectivity index (χ2v) is 5.12. The van der Waals surface area contributed by atoms with E-state index >= 15 is 0 Å². The van der Waals surface area contributed by atoms with Gasteiger partial charge in [0, 0.05) is 25.0 Å². The summed E-state index contributed by atoms with van der Waals surface area (Å²) in [7, 11) is 4.65. The summed E-state index contributed by atoms with van der Waals surface area (Å²) in [5.41, 5.74) is 1.34. The van der Waals surface area contributed by atoms with E-state index in [1.807, 2.05) is 0 Å². The number of Topliss-reactive ketones (excluding diaryl/α,β-unsaturated/α-hetero) is 1. The third-order valence-corrected chi connectivity index (χ3v) is 3.72. The number of ether oxygens (including phenoxy) is 3. The summed E-state index contributed by atoms with van der Waals surface area (Å²) in [5, 5.41) is 0. The lowest BCUT2D eigenvalue weighted by Crippen LogP contribution is -2.09. The molecule has 0 aliphatic heterocycles. The van der Waals surface area contributed by atoms with Crippen molar-refractivity contribution in [2.45, 2.75) is 19.3 Å². The first-order valence-electron chi connectivity index (χ1n) is 7.32. The number of ketones is 2. The molecule has 5 nitrogen and oxygen atoms in total. The number of carbonyl (C=O) groups is 2. The number of hydrogen-bond donors (Lipinski definition) is 0. The molecule has 5 heteroatoms. The fourth-order valence-electron chi connectivity index (χ4n) is 2.40. The molecule has 1 aliphatic carbocycles. The van der Waals surface area contributed by atoms with Crippen molar-refractivity contribution < 1.29 is 23.8 Å². The van der Waals surface area contributed by atoms with Gasteiger partial charge in [-0.2, -0.15) is 0 Å². The first-order chi connectivity index (χ1) is 11.1. The average molecular weight is 316 g/mol. The molecule has 0 amide bonds. The van der Waals surface area contributed by atoms with Gasteiger partial charge in [-0.3, -0.25) is 9.59 Å². The van der Waals surface area contributed by atoms with Crippen LogP contribution in [0.5, 0.6) is 17.2 Å². The van der Waals surface area contributed by atoms with E-state index in [1.54, 1.807) is 45.6 Å². The number of methoxy groups -OCH3 is 3. The van der Waals surface area contributed by atoms with Crippen LogP contribution in [0.25, 0.3) is 6.08 Å². The Morgan fingerprint density at radius 2 is 1.70 bits per heavy atom. The highest BCUT2D eigenvalue weighted by Crippen LogP contribution is 2.35. The Labute approximate surface area is 135 Å². The van der Waals surface area contributed by atoms with Gasteiger partial charge in [0.05, 0.1) is 26.9 Å². The molecule has 1 aromatic rings. The van der Waals surface area contributed by atoms with Crippen molar-refractivity contribution in [2.24, 2.45) is 0 Å². The summed E-state index contributed by atoms with van der Waals surface area (Å²) in [6, 6.07) is 3.45. The maximum absolute atomic E-state index is 12.2. The summed E-state index contributed by atoms with van der Waals surface area (Å²) < 4.78 is 15.9. The molecule has 0 fully saturated rings. The largest absolute Gasteiger partial charge is 0.496 e. The predicted octanol–water partition coefficient (Wildman–Crippen LogP) is 2.97. The van der Waals surface area contributed by atoms with Crippen LogP contribution in [0.15, 0.2) is 29.9 Å². The highest BCUT2D eigenvalue weighted by atomic mass is 16.5. The highest BCUT2D eigenvalue weighted by Gasteiger charge is 2.15. The second-order valence-electron chi connectivity index (χ2n) is 5.12. The Morgan fingerprint density at radius 3 is 2.17 bits per heavy atom. The van der Waals surface area contributed by atoms with Crippen molar-refractivity contribution in [3.05, 3.63) is 35.4 Å². The van der Waals surface area contributed by atoms with E-state index < -0.39 is 0 Å². The molecule has 1 aliphatic rings. The Kier molecular flexibility index (Phi) is 5.57. The maximum atomic E-state index is 12.2. The zero-order chi connectivity index (χ0) is 16.8. The Morgan fingerprint density at radius 1 is 1.04 bits per heavy atom. The molecule has 0 aromatic heterocycles. The molecule has 0 spiro atoms. The molecule has 0 bridgehead atoms. The van der Waals surface area contributed by atoms with Crippen LogP contribution in [0.1, 0.15) is 24.8 Å². The fourth-order valence-corrected chi connectivity index (χ4v) is 2.40. The Bertz CT molecular complexity index is 645. The number of rotatable bonds is 6. The maximum Gasteiger partial charge on any atom is 0.181 e. The van der Waals surface area contributed by atoms with E-state index in [-0.39, 0.29) is 11.6 Å². The molecule has 1 aromatic carbocycles. The van der Waals surface area contributed by atoms with E-state index in [4.69, 9.17) is 14.2 Å². The van der Waals surface area contributed by atoms with E-state index in [1.165, 1.54) is 6.08 Å². The van der Waals surface area contributed by atoms with Crippen LogP contribution in [0.3, 0.4) is 0 Å². The van der Waals surface area contributed by atoms with Gasteiger partial charge in [-0.05, 0) is 24.1 Å². The molecule has 0 atom stereocenters. The smallest absolute Gasteiger partial charge is 0.181 e. The standard InChI is InChI=1S/C18H20O5/c1-21-14-10-17(22-2)15(18(11-14)23-3)8-9-16(20)12-4-6-13(19)7-5-12/h4,8-11H,5-7H2,1-3H3. The summed E-state index contributed by atoms with van der Waals surface area (Å²) in [5.74, 6) is 1.79. The topological polar surface area (TPSA) is 61.8 Å². The summed E-state index contributed by atoms with van der Waals surface area (Å²) in [6.07, 6.45) is 6.12. The van der Waals surface area contributed by atoms with Gasteiger partial charge >= 0.3 is 0 Å². The lowest BCUT2D eigenvalue weighted by atomic mass is 9.95. The zero-order valence-corrected chi connectivity index (χ0v) is 13.5. The van der Waals surface area contributed by atoms with Crippen LogP contribution in [0.4, 0.5) is 0 Å². The third kappa shape index (κ3) is 4.00. The van der Waals surface area contributed by atoms with Crippen LogP contribution in [0, 0.1) is 0 Å². The monoisotopic (exact) mass is 316 g/mol. The molecule has 0 unspecified atom stereocenters. The van der Waals surface area contributed by atoms with Gasteiger partial charge in [0.1, 0.15) is 23.0 Å². The Hall–Kier alpha value is -2.56. The molecule has 2 rings (SSSR count). The molecule has 23 heavy (non-hydrogen) atoms. The van der Waals surface area contributed by atoms with Crippen molar-refractivity contribution in [3.8, 4) is 17.2 Å². The van der Waals surface area contributed by atoms with E-state index in [2.05, 4.69) is 0 Å². The normalized spacial score (nSPS) is 14.6. The van der Waals surface area contributed by atoms with Crippen molar-refractivity contribution in [1.29, 1.82) is 0 Å². The van der Waals surface area contributed by atoms with E-state index in [9.17, 15) is 9.59 Å². The molecule has 0 N–H and O–H groups in total. The zero-order valence-electron chi connectivity index (χ0n) is 13.5. The molecule has 0 saturated carbocycles. The molecule has 0 saturated heterocycles. The van der Waals surface area contributed by atoms with Gasteiger partial charge in [0.2, 0.25) is 0 Å². The highest BCUT2D eigenvalue weighted by molar-refractivity contribution is 6.07. The first-order valence-corrected chi connectivity index (χ1v) is 7.32. The van der Waals surface area contributed by atoms with Gasteiger partial charge < -0.3 is 14.2 Å². The van der Waals surface area contributed by atoms with Crippen molar-refractivity contribution in [2.75, 3.05) is 21.3 Å². The molecule has 122 valence electrons. The quantitative estimate of drug-likeness (QED) is 0.755. The molecule has 0 radical (unpaired) electrons. The molecular weight excluding hydrogens is 296 g/mol. The minimum Gasteiger partial charge on any atom is -0.496 e. The number of carbonyl (C=O) groups excluding carboxylic acids is 2. The SMILES string of the molecule is COc1cc(OC)c(C=CC(=O)C2=CCC(=O)CC2)c(OC)c1. The summed E-state index contributed by atoms with van der Waals surface area (Å²) in [6.45, 7) is 0. The van der Waals surface area contributed by atoms with Crippen molar-refractivity contribution in [1.82, 2.24) is 0 Å². The molecular formula is C18H20O5. The van der Waals surface area contributed by atoms with Gasteiger partial charge in [-0.25, -0.2) is 0 Å². The fraction of sp³-hybridized carbons (Fsp3) is 0.333. The minimum absolute atomic E-state index is 0.0996. The summed E-state index contributed by atoms with van der Waals surface area (Å²) >= 11 is 0. The Balaban J connectivity index is 2.28. The molecule has 0 heterocycles. The second kappa shape index (κ2) is 7.63. The number of hydrogen-bond acceptors (Lipinski definition) is 5. The third-order valence-electron chi connectivity index (χ3n) is 3.72. The number of benzene rings is 1. The lowest BCUT2D eigenvalue weighted by Gasteiger charge is -2.13. The predicted molar refractivity (Wildman–Crippen MR) is 87.1 cm³/mol. The van der Waals surface area contributed by atoms with Crippen LogP contribution in [0.2, 0.25) is 0 Å². The van der Waals surface area contributed by atoms with E-state index in [0.717, 1.165) is 0 Å². The van der Waals surface area contributed by atoms with Crippen LogP contribution in [-0.2, 0) is 9.59 Å². The number of allylic oxidation sites excluding steroid dienone is 3. The minimum atomic E-state index is -0.0996. The van der Waals surface area contributed by atoms with Gasteiger partial charge in [-0.15, -0.1) is 0 Å². The average Bonchev–Trinajstić information content (AvgIpc) is 2.59. The first kappa shape index (κ1) is 16.8. The van der Waals surface area contributed by atoms with Crippen molar-refractivity contribution >= 4 is 17.6 Å². The van der Waals surface area contributed by atoms with Crippen molar-refractivity contribution in [3.63, 3.8) is 0 Å². The van der Waals surface area contributed by atoms with E-state index in [0.29, 0.717) is 47.6 Å².